The lowest BCUT2D eigenvalue weighted by Crippen LogP contribution is -2.32. The van der Waals surface area contributed by atoms with Crippen molar-refractivity contribution in [2.75, 3.05) is 0 Å². The third kappa shape index (κ3) is 3.57. The highest BCUT2D eigenvalue weighted by Gasteiger charge is 2.07. The van der Waals surface area contributed by atoms with E-state index in [-0.39, 0.29) is 18.0 Å². The summed E-state index contributed by atoms with van der Waals surface area (Å²) >= 11 is 3.18. The van der Waals surface area contributed by atoms with E-state index in [0.717, 1.165) is 5.56 Å². The number of rotatable bonds is 4. The predicted molar refractivity (Wildman–Crippen MR) is 73.7 cm³/mol. The molecule has 6 heteroatoms. The van der Waals surface area contributed by atoms with Gasteiger partial charge in [-0.1, -0.05) is 0 Å². The van der Waals surface area contributed by atoms with Gasteiger partial charge in [-0.15, -0.1) is 0 Å². The molecule has 0 saturated heterocycles. The van der Waals surface area contributed by atoms with Crippen molar-refractivity contribution in [3.63, 3.8) is 0 Å². The Balaban J connectivity index is 2.01. The van der Waals surface area contributed by atoms with Crippen molar-refractivity contribution in [3.8, 4) is 0 Å². The van der Waals surface area contributed by atoms with Crippen LogP contribution in [0.2, 0.25) is 0 Å². The molecule has 19 heavy (non-hydrogen) atoms. The zero-order valence-corrected chi connectivity index (χ0v) is 11.9. The molecule has 100 valence electrons. The second-order valence-corrected chi connectivity index (χ2v) is 5.01. The Labute approximate surface area is 118 Å². The van der Waals surface area contributed by atoms with Gasteiger partial charge in [-0.05, 0) is 46.6 Å². The summed E-state index contributed by atoms with van der Waals surface area (Å²) in [5.41, 5.74) is 0.684. The molecule has 0 spiro atoms. The summed E-state index contributed by atoms with van der Waals surface area (Å²) in [7, 11) is 0. The van der Waals surface area contributed by atoms with E-state index in [1.165, 1.54) is 4.57 Å². The Hall–Kier alpha value is -1.82. The summed E-state index contributed by atoms with van der Waals surface area (Å²) < 4.78 is 6.93. The topological polar surface area (TPSA) is 64.2 Å². The molecule has 0 unspecified atom stereocenters. The first-order chi connectivity index (χ1) is 9.06. The molecule has 0 atom stereocenters. The van der Waals surface area contributed by atoms with Crippen molar-refractivity contribution in [2.45, 2.75) is 20.0 Å². The van der Waals surface area contributed by atoms with Gasteiger partial charge < -0.3 is 14.3 Å². The number of aryl methyl sites for hydroxylation is 1. The summed E-state index contributed by atoms with van der Waals surface area (Å²) in [5.74, 6) is 0.433. The summed E-state index contributed by atoms with van der Waals surface area (Å²) in [6, 6.07) is 5.25. The van der Waals surface area contributed by atoms with E-state index in [1.54, 1.807) is 30.7 Å². The number of pyridine rings is 1. The van der Waals surface area contributed by atoms with Crippen LogP contribution in [0.15, 0.2) is 44.3 Å². The third-order valence-electron chi connectivity index (χ3n) is 2.53. The van der Waals surface area contributed by atoms with E-state index < -0.39 is 0 Å². The number of carbonyl (C=O) groups is 1. The molecule has 2 aromatic heterocycles. The number of aromatic nitrogens is 1. The molecule has 0 aliphatic heterocycles. The van der Waals surface area contributed by atoms with Crippen molar-refractivity contribution in [2.24, 2.45) is 0 Å². The molecular formula is C13H13BrN2O3. The van der Waals surface area contributed by atoms with E-state index >= 15 is 0 Å². The van der Waals surface area contributed by atoms with Gasteiger partial charge in [0.15, 0.2) is 0 Å². The first-order valence-corrected chi connectivity index (χ1v) is 6.51. The monoisotopic (exact) mass is 324 g/mol. The lowest BCUT2D eigenvalue weighted by atomic mass is 10.3. The number of furan rings is 1. The standard InChI is InChI=1S/C13H13BrN2O3/c1-9-5-11(14)13(18)16(7-9)8-12(17)15-6-10-3-2-4-19-10/h2-5,7H,6,8H2,1H3,(H,15,17). The Morgan fingerprint density at radius 1 is 1.53 bits per heavy atom. The molecule has 2 heterocycles. The number of nitrogens with one attached hydrogen (secondary N) is 1. The summed E-state index contributed by atoms with van der Waals surface area (Å²) in [4.78, 5) is 23.6. The van der Waals surface area contributed by atoms with Gasteiger partial charge in [0.25, 0.3) is 5.56 Å². The van der Waals surface area contributed by atoms with Gasteiger partial charge in [-0.2, -0.15) is 0 Å². The summed E-state index contributed by atoms with van der Waals surface area (Å²) in [5, 5.41) is 2.69. The highest BCUT2D eigenvalue weighted by molar-refractivity contribution is 9.10. The SMILES string of the molecule is Cc1cc(Br)c(=O)n(CC(=O)NCc2ccco2)c1. The van der Waals surface area contributed by atoms with Crippen LogP contribution in [0.5, 0.6) is 0 Å². The molecule has 0 fully saturated rings. The van der Waals surface area contributed by atoms with Gasteiger partial charge >= 0.3 is 0 Å². The van der Waals surface area contributed by atoms with Gasteiger partial charge in [0.1, 0.15) is 12.3 Å². The molecule has 2 rings (SSSR count). The molecule has 0 bridgehead atoms. The zero-order valence-electron chi connectivity index (χ0n) is 10.4. The Kier molecular flexibility index (Phi) is 4.21. The summed E-state index contributed by atoms with van der Waals surface area (Å²) in [6.07, 6.45) is 3.20. The maximum absolute atomic E-state index is 11.8. The van der Waals surface area contributed by atoms with Crippen LogP contribution in [-0.4, -0.2) is 10.5 Å². The lowest BCUT2D eigenvalue weighted by Gasteiger charge is -2.08. The van der Waals surface area contributed by atoms with Crippen LogP contribution >= 0.6 is 15.9 Å². The summed E-state index contributed by atoms with van der Waals surface area (Å²) in [6.45, 7) is 2.16. The van der Waals surface area contributed by atoms with Crippen molar-refractivity contribution in [1.29, 1.82) is 0 Å². The van der Waals surface area contributed by atoms with E-state index in [9.17, 15) is 9.59 Å². The molecule has 0 saturated carbocycles. The second-order valence-electron chi connectivity index (χ2n) is 4.15. The largest absolute Gasteiger partial charge is 0.467 e. The molecule has 0 aromatic carbocycles. The Morgan fingerprint density at radius 2 is 2.32 bits per heavy atom. The van der Waals surface area contributed by atoms with Crippen LogP contribution < -0.4 is 10.9 Å². The number of carbonyl (C=O) groups excluding carboxylic acids is 1. The van der Waals surface area contributed by atoms with Crippen LogP contribution in [0.4, 0.5) is 0 Å². The molecule has 0 radical (unpaired) electrons. The molecule has 0 aliphatic carbocycles. The number of nitrogens with zero attached hydrogens (tertiary/aromatic N) is 1. The Bertz CT molecular complexity index is 632. The number of amides is 1. The molecular weight excluding hydrogens is 312 g/mol. The minimum atomic E-state index is -0.240. The molecule has 2 aromatic rings. The smallest absolute Gasteiger partial charge is 0.265 e. The second kappa shape index (κ2) is 5.88. The quantitative estimate of drug-likeness (QED) is 0.933. The van der Waals surface area contributed by atoms with E-state index in [0.29, 0.717) is 16.8 Å². The minimum Gasteiger partial charge on any atom is -0.467 e. The van der Waals surface area contributed by atoms with Crippen LogP contribution in [0.25, 0.3) is 0 Å². The average Bonchev–Trinajstić information content (AvgIpc) is 2.86. The van der Waals surface area contributed by atoms with Crippen LogP contribution in [-0.2, 0) is 17.9 Å². The van der Waals surface area contributed by atoms with Crippen molar-refractivity contribution in [1.82, 2.24) is 9.88 Å². The van der Waals surface area contributed by atoms with Gasteiger partial charge in [0.2, 0.25) is 5.91 Å². The van der Waals surface area contributed by atoms with Crippen molar-refractivity contribution in [3.05, 3.63) is 56.8 Å². The van der Waals surface area contributed by atoms with Crippen LogP contribution in [0.3, 0.4) is 0 Å². The fourth-order valence-corrected chi connectivity index (χ4v) is 2.26. The zero-order chi connectivity index (χ0) is 13.8. The maximum Gasteiger partial charge on any atom is 0.265 e. The highest BCUT2D eigenvalue weighted by Crippen LogP contribution is 2.05. The number of hydrogen-bond acceptors (Lipinski definition) is 3. The normalized spacial score (nSPS) is 10.4. The fourth-order valence-electron chi connectivity index (χ4n) is 1.67. The number of hydrogen-bond donors (Lipinski definition) is 1. The molecule has 0 aliphatic rings. The Morgan fingerprint density at radius 3 is 3.00 bits per heavy atom. The van der Waals surface area contributed by atoms with Gasteiger partial charge in [-0.3, -0.25) is 9.59 Å². The first-order valence-electron chi connectivity index (χ1n) is 5.72. The molecule has 5 nitrogen and oxygen atoms in total. The lowest BCUT2D eigenvalue weighted by molar-refractivity contribution is -0.121. The fraction of sp³-hybridized carbons (Fsp3) is 0.231. The van der Waals surface area contributed by atoms with E-state index in [1.807, 2.05) is 6.92 Å². The van der Waals surface area contributed by atoms with E-state index in [4.69, 9.17) is 4.42 Å². The average molecular weight is 325 g/mol. The van der Waals surface area contributed by atoms with Crippen LogP contribution in [0.1, 0.15) is 11.3 Å². The third-order valence-corrected chi connectivity index (χ3v) is 3.10. The first kappa shape index (κ1) is 13.6. The number of halogens is 1. The predicted octanol–water partition coefficient (Wildman–Crippen LogP) is 1.83. The molecule has 1 amide bonds. The molecule has 1 N–H and O–H groups in total. The highest BCUT2D eigenvalue weighted by atomic mass is 79.9. The van der Waals surface area contributed by atoms with Crippen molar-refractivity contribution >= 4 is 21.8 Å². The van der Waals surface area contributed by atoms with Crippen LogP contribution in [0, 0.1) is 6.92 Å². The van der Waals surface area contributed by atoms with Crippen molar-refractivity contribution < 1.29 is 9.21 Å². The van der Waals surface area contributed by atoms with Gasteiger partial charge in [0, 0.05) is 6.20 Å². The minimum absolute atomic E-state index is 0.0141. The van der Waals surface area contributed by atoms with Gasteiger partial charge in [-0.25, -0.2) is 0 Å². The van der Waals surface area contributed by atoms with Gasteiger partial charge in [0.05, 0.1) is 17.3 Å². The van der Waals surface area contributed by atoms with E-state index in [2.05, 4.69) is 21.2 Å². The maximum atomic E-state index is 11.8.